The number of hydrogen-bond acceptors (Lipinski definition) is 2. The molecule has 1 aromatic rings. The van der Waals surface area contributed by atoms with E-state index in [4.69, 9.17) is 0 Å². The van der Waals surface area contributed by atoms with Crippen LogP contribution >= 0.6 is 22.6 Å². The normalized spacial score (nSPS) is 10.5. The van der Waals surface area contributed by atoms with E-state index in [2.05, 4.69) is 4.98 Å². The van der Waals surface area contributed by atoms with Gasteiger partial charge in [0, 0.05) is 6.20 Å². The van der Waals surface area contributed by atoms with E-state index in [1.165, 1.54) is 22.6 Å². The third kappa shape index (κ3) is 1.98. The molecule has 0 saturated heterocycles. The Morgan fingerprint density at radius 3 is 2.62 bits per heavy atom. The molecule has 0 aliphatic rings. The van der Waals surface area contributed by atoms with Crippen molar-refractivity contribution in [3.63, 3.8) is 0 Å². The molecule has 1 aromatic heterocycles. The van der Waals surface area contributed by atoms with Crippen molar-refractivity contribution < 1.29 is 18.0 Å². The number of carbonyl (C=O) groups excluding carboxylic acids is 1. The zero-order valence-electron chi connectivity index (χ0n) is 6.10. The highest BCUT2D eigenvalue weighted by molar-refractivity contribution is 14.1. The molecular formula is C7H3F3INO. The summed E-state index contributed by atoms with van der Waals surface area (Å²) in [4.78, 5) is 13.6. The first-order valence-electron chi connectivity index (χ1n) is 3.15. The molecule has 0 amide bonds. The molecule has 6 heteroatoms. The minimum absolute atomic E-state index is 0.164. The fourth-order valence-electron chi connectivity index (χ4n) is 0.726. The number of aromatic nitrogens is 1. The van der Waals surface area contributed by atoms with Crippen molar-refractivity contribution in [2.75, 3.05) is 0 Å². The van der Waals surface area contributed by atoms with E-state index >= 15 is 0 Å². The lowest BCUT2D eigenvalue weighted by atomic mass is 10.2. The predicted octanol–water partition coefficient (Wildman–Crippen LogP) is 2.58. The number of carbonyl (C=O) groups is 1. The molecule has 0 N–H and O–H groups in total. The van der Waals surface area contributed by atoms with E-state index in [0.717, 1.165) is 0 Å². The van der Waals surface area contributed by atoms with Gasteiger partial charge < -0.3 is 0 Å². The highest BCUT2D eigenvalue weighted by Gasteiger charge is 2.18. The van der Waals surface area contributed by atoms with Gasteiger partial charge in [-0.25, -0.2) is 13.2 Å². The Balaban J connectivity index is 3.31. The SMILES string of the molecule is O=Cc1ncc(C(F)F)c(F)c1I. The van der Waals surface area contributed by atoms with Crippen LogP contribution in [-0.4, -0.2) is 11.3 Å². The molecule has 70 valence electrons. The van der Waals surface area contributed by atoms with Crippen LogP contribution in [0.4, 0.5) is 13.2 Å². The van der Waals surface area contributed by atoms with Gasteiger partial charge in [0.15, 0.2) is 6.29 Å². The minimum Gasteiger partial charge on any atom is -0.296 e. The standard InChI is InChI=1S/C7H3F3INO/c8-5-3(7(9)10)1-12-4(2-13)6(5)11/h1-2,7H. The van der Waals surface area contributed by atoms with Crippen LogP contribution in [0.25, 0.3) is 0 Å². The van der Waals surface area contributed by atoms with Crippen molar-refractivity contribution in [2.24, 2.45) is 0 Å². The predicted molar refractivity (Wildman–Crippen MR) is 47.3 cm³/mol. The number of pyridine rings is 1. The quantitative estimate of drug-likeness (QED) is 0.621. The second-order valence-corrected chi connectivity index (χ2v) is 3.22. The molecule has 1 heterocycles. The first-order chi connectivity index (χ1) is 6.07. The smallest absolute Gasteiger partial charge is 0.268 e. The van der Waals surface area contributed by atoms with Gasteiger partial charge in [-0.2, -0.15) is 0 Å². The summed E-state index contributed by atoms with van der Waals surface area (Å²) >= 11 is 1.46. The maximum absolute atomic E-state index is 13.0. The van der Waals surface area contributed by atoms with Gasteiger partial charge in [-0.3, -0.25) is 9.78 Å². The van der Waals surface area contributed by atoms with Gasteiger partial charge >= 0.3 is 0 Å². The summed E-state index contributed by atoms with van der Waals surface area (Å²) in [5.74, 6) is -1.08. The summed E-state index contributed by atoms with van der Waals surface area (Å²) in [5.41, 5.74) is -0.947. The molecule has 0 aliphatic carbocycles. The average Bonchev–Trinajstić information content (AvgIpc) is 2.09. The molecule has 0 aliphatic heterocycles. The maximum atomic E-state index is 13.0. The molecule has 0 saturated carbocycles. The van der Waals surface area contributed by atoms with Crippen LogP contribution < -0.4 is 0 Å². The third-order valence-electron chi connectivity index (χ3n) is 1.36. The number of nitrogens with zero attached hydrogens (tertiary/aromatic N) is 1. The summed E-state index contributed by atoms with van der Waals surface area (Å²) in [6, 6.07) is 0. The summed E-state index contributed by atoms with van der Waals surface area (Å²) in [6.07, 6.45) is -1.92. The van der Waals surface area contributed by atoms with Crippen LogP contribution in [0.3, 0.4) is 0 Å². The second kappa shape index (κ2) is 4.03. The zero-order valence-corrected chi connectivity index (χ0v) is 8.26. The number of hydrogen-bond donors (Lipinski definition) is 0. The van der Waals surface area contributed by atoms with Gasteiger partial charge in [-0.05, 0) is 22.6 Å². The molecule has 0 unspecified atom stereocenters. The van der Waals surface area contributed by atoms with Crippen LogP contribution in [0.5, 0.6) is 0 Å². The van der Waals surface area contributed by atoms with Crippen molar-refractivity contribution >= 4 is 28.9 Å². The van der Waals surface area contributed by atoms with Crippen molar-refractivity contribution in [2.45, 2.75) is 6.43 Å². The van der Waals surface area contributed by atoms with Gasteiger partial charge in [0.2, 0.25) is 0 Å². The van der Waals surface area contributed by atoms with Crippen molar-refractivity contribution in [1.29, 1.82) is 0 Å². The Hall–Kier alpha value is -0.660. The molecule has 0 atom stereocenters. The van der Waals surface area contributed by atoms with Gasteiger partial charge in [-0.1, -0.05) is 0 Å². The average molecular weight is 301 g/mol. The lowest BCUT2D eigenvalue weighted by Gasteiger charge is -2.03. The van der Waals surface area contributed by atoms with Gasteiger partial charge in [-0.15, -0.1) is 0 Å². The Morgan fingerprint density at radius 1 is 1.54 bits per heavy atom. The molecule has 2 nitrogen and oxygen atoms in total. The molecule has 0 bridgehead atoms. The van der Waals surface area contributed by atoms with E-state index in [9.17, 15) is 18.0 Å². The molecule has 0 radical (unpaired) electrons. The number of aldehydes is 1. The topological polar surface area (TPSA) is 30.0 Å². The monoisotopic (exact) mass is 301 g/mol. The van der Waals surface area contributed by atoms with Gasteiger partial charge in [0.1, 0.15) is 11.5 Å². The largest absolute Gasteiger partial charge is 0.296 e. The number of rotatable bonds is 2. The van der Waals surface area contributed by atoms with E-state index in [0.29, 0.717) is 12.5 Å². The van der Waals surface area contributed by atoms with E-state index in [-0.39, 0.29) is 9.26 Å². The molecule has 0 fully saturated rings. The maximum Gasteiger partial charge on any atom is 0.268 e. The summed E-state index contributed by atoms with van der Waals surface area (Å²) < 4.78 is 37.0. The number of halogens is 4. The van der Waals surface area contributed by atoms with Crippen molar-refractivity contribution in [1.82, 2.24) is 4.98 Å². The van der Waals surface area contributed by atoms with Crippen LogP contribution in [0.1, 0.15) is 22.5 Å². The van der Waals surface area contributed by atoms with Gasteiger partial charge in [0.25, 0.3) is 6.43 Å². The highest BCUT2D eigenvalue weighted by Crippen LogP contribution is 2.25. The Morgan fingerprint density at radius 2 is 2.15 bits per heavy atom. The van der Waals surface area contributed by atoms with E-state index in [1.807, 2.05) is 0 Å². The minimum atomic E-state index is -2.92. The molecule has 0 aromatic carbocycles. The summed E-state index contributed by atoms with van der Waals surface area (Å²) in [5, 5.41) is 0. The van der Waals surface area contributed by atoms with Gasteiger partial charge in [0.05, 0.1) is 9.13 Å². The first-order valence-corrected chi connectivity index (χ1v) is 4.23. The lowest BCUT2D eigenvalue weighted by Crippen LogP contribution is -2.01. The van der Waals surface area contributed by atoms with Crippen molar-refractivity contribution in [3.05, 3.63) is 26.8 Å². The Kier molecular flexibility index (Phi) is 3.23. The Labute approximate surface area is 85.3 Å². The summed E-state index contributed by atoms with van der Waals surface area (Å²) in [6.45, 7) is 0. The fraction of sp³-hybridized carbons (Fsp3) is 0.143. The Bertz CT molecular complexity index is 343. The van der Waals surface area contributed by atoms with Crippen LogP contribution in [0.2, 0.25) is 0 Å². The van der Waals surface area contributed by atoms with Crippen molar-refractivity contribution in [3.8, 4) is 0 Å². The van der Waals surface area contributed by atoms with E-state index < -0.39 is 17.8 Å². The third-order valence-corrected chi connectivity index (χ3v) is 2.39. The molecule has 0 spiro atoms. The van der Waals surface area contributed by atoms with Crippen LogP contribution in [0, 0.1) is 9.39 Å². The first kappa shape index (κ1) is 10.4. The molecule has 13 heavy (non-hydrogen) atoms. The van der Waals surface area contributed by atoms with Crippen LogP contribution in [-0.2, 0) is 0 Å². The van der Waals surface area contributed by atoms with E-state index in [1.54, 1.807) is 0 Å². The zero-order chi connectivity index (χ0) is 10.0. The fourth-order valence-corrected chi connectivity index (χ4v) is 1.30. The summed E-state index contributed by atoms with van der Waals surface area (Å²) in [7, 11) is 0. The highest BCUT2D eigenvalue weighted by atomic mass is 127. The lowest BCUT2D eigenvalue weighted by molar-refractivity contribution is 0.111. The molecular weight excluding hydrogens is 298 g/mol. The molecule has 1 rings (SSSR count). The second-order valence-electron chi connectivity index (χ2n) is 2.15. The van der Waals surface area contributed by atoms with Crippen LogP contribution in [0.15, 0.2) is 6.20 Å². The number of alkyl halides is 2.